The van der Waals surface area contributed by atoms with Crippen LogP contribution in [-0.4, -0.2) is 48.1 Å². The van der Waals surface area contributed by atoms with Crippen molar-refractivity contribution in [3.05, 3.63) is 70.0 Å². The van der Waals surface area contributed by atoms with Gasteiger partial charge in [0.25, 0.3) is 0 Å². The van der Waals surface area contributed by atoms with E-state index in [1.54, 1.807) is 13.2 Å². The monoisotopic (exact) mass is 431 g/mol. The van der Waals surface area contributed by atoms with Crippen molar-refractivity contribution < 1.29 is 14.6 Å². The van der Waals surface area contributed by atoms with Gasteiger partial charge in [-0.3, -0.25) is 9.79 Å². The third kappa shape index (κ3) is 3.86. The minimum Gasteiger partial charge on any atom is -0.497 e. The highest BCUT2D eigenvalue weighted by Gasteiger charge is 2.28. The number of rotatable bonds is 6. The highest BCUT2D eigenvalue weighted by molar-refractivity contribution is 5.93. The number of aliphatic imine (C=N–C) groups is 1. The number of methoxy groups -OCH3 is 1. The van der Waals surface area contributed by atoms with Crippen LogP contribution in [0.2, 0.25) is 0 Å². The number of pyridine rings is 1. The number of aromatic carboxylic acids is 1. The Morgan fingerprint density at radius 2 is 1.94 bits per heavy atom. The minimum atomic E-state index is -1.17. The van der Waals surface area contributed by atoms with Crippen molar-refractivity contribution in [3.8, 4) is 5.75 Å². The smallest absolute Gasteiger partial charge is 0.341 e. The number of carbonyl (C=O) groups is 1. The SMILES string of the molecule is COc1ccc(C=NC2CCN(c3ccc4c(=O)c(C(=O)O)cn(C5CC5)c4c3)C2)cc1. The first-order valence-electron chi connectivity index (χ1n) is 10.9. The van der Waals surface area contributed by atoms with Gasteiger partial charge in [0.15, 0.2) is 0 Å². The number of anilines is 1. The van der Waals surface area contributed by atoms with Gasteiger partial charge < -0.3 is 19.3 Å². The highest BCUT2D eigenvalue weighted by atomic mass is 16.5. The van der Waals surface area contributed by atoms with Crippen molar-refractivity contribution in [3.63, 3.8) is 0 Å². The molecule has 2 heterocycles. The summed E-state index contributed by atoms with van der Waals surface area (Å²) in [7, 11) is 1.65. The summed E-state index contributed by atoms with van der Waals surface area (Å²) in [5.41, 5.74) is 2.31. The fourth-order valence-electron chi connectivity index (χ4n) is 4.32. The summed E-state index contributed by atoms with van der Waals surface area (Å²) >= 11 is 0. The summed E-state index contributed by atoms with van der Waals surface area (Å²) < 4.78 is 7.16. The molecule has 1 saturated heterocycles. The second-order valence-corrected chi connectivity index (χ2v) is 8.46. The molecule has 1 aliphatic heterocycles. The Labute approximate surface area is 185 Å². The molecule has 1 atom stereocenters. The van der Waals surface area contributed by atoms with Crippen LogP contribution < -0.4 is 15.1 Å². The molecule has 5 rings (SSSR count). The molecule has 1 aliphatic carbocycles. The average Bonchev–Trinajstić information content (AvgIpc) is 3.54. The van der Waals surface area contributed by atoms with Crippen LogP contribution in [0.15, 0.2) is 58.4 Å². The van der Waals surface area contributed by atoms with Crippen molar-refractivity contribution in [2.45, 2.75) is 31.3 Å². The van der Waals surface area contributed by atoms with Gasteiger partial charge in [-0.15, -0.1) is 0 Å². The van der Waals surface area contributed by atoms with E-state index < -0.39 is 11.4 Å². The molecule has 1 saturated carbocycles. The van der Waals surface area contributed by atoms with Crippen LogP contribution in [0.3, 0.4) is 0 Å². The predicted molar refractivity (Wildman–Crippen MR) is 125 cm³/mol. The number of benzene rings is 2. The third-order valence-corrected chi connectivity index (χ3v) is 6.27. The quantitative estimate of drug-likeness (QED) is 0.601. The van der Waals surface area contributed by atoms with Crippen molar-refractivity contribution in [1.82, 2.24) is 4.57 Å². The summed E-state index contributed by atoms with van der Waals surface area (Å²) in [6, 6.07) is 14.0. The molecule has 164 valence electrons. The Morgan fingerprint density at radius 3 is 2.62 bits per heavy atom. The van der Waals surface area contributed by atoms with Gasteiger partial charge in [-0.05, 0) is 67.3 Å². The molecule has 0 spiro atoms. The van der Waals surface area contributed by atoms with Crippen LogP contribution >= 0.6 is 0 Å². The van der Waals surface area contributed by atoms with Gasteiger partial charge in [0.05, 0.1) is 18.7 Å². The van der Waals surface area contributed by atoms with Gasteiger partial charge in [0, 0.05) is 42.6 Å². The molecule has 2 aromatic carbocycles. The fraction of sp³-hybridized carbons (Fsp3) is 0.320. The van der Waals surface area contributed by atoms with Crippen LogP contribution in [0.25, 0.3) is 10.9 Å². The van der Waals surface area contributed by atoms with Crippen LogP contribution in [0.1, 0.15) is 41.2 Å². The zero-order chi connectivity index (χ0) is 22.2. The molecule has 3 aromatic rings. The van der Waals surface area contributed by atoms with Crippen molar-refractivity contribution in [2.75, 3.05) is 25.1 Å². The number of hydrogen-bond acceptors (Lipinski definition) is 5. The molecule has 0 bridgehead atoms. The lowest BCUT2D eigenvalue weighted by atomic mass is 10.1. The average molecular weight is 431 g/mol. The Balaban J connectivity index is 1.38. The summed E-state index contributed by atoms with van der Waals surface area (Å²) in [5, 5.41) is 9.89. The largest absolute Gasteiger partial charge is 0.497 e. The number of fused-ring (bicyclic) bond motifs is 1. The van der Waals surface area contributed by atoms with Crippen LogP contribution in [0, 0.1) is 0 Å². The topological polar surface area (TPSA) is 84.1 Å². The van der Waals surface area contributed by atoms with E-state index >= 15 is 0 Å². The lowest BCUT2D eigenvalue weighted by molar-refractivity contribution is 0.0695. The zero-order valence-corrected chi connectivity index (χ0v) is 17.9. The van der Waals surface area contributed by atoms with Gasteiger partial charge in [0.2, 0.25) is 5.43 Å². The number of aromatic nitrogens is 1. The van der Waals surface area contributed by atoms with E-state index in [1.807, 2.05) is 47.2 Å². The van der Waals surface area contributed by atoms with Crippen molar-refractivity contribution >= 4 is 28.8 Å². The van der Waals surface area contributed by atoms with Crippen LogP contribution in [0.5, 0.6) is 5.75 Å². The lowest BCUT2D eigenvalue weighted by Gasteiger charge is -2.20. The van der Waals surface area contributed by atoms with Gasteiger partial charge in [-0.2, -0.15) is 0 Å². The molecule has 32 heavy (non-hydrogen) atoms. The maximum Gasteiger partial charge on any atom is 0.341 e. The molecule has 7 heteroatoms. The van der Waals surface area contributed by atoms with Crippen LogP contribution in [0.4, 0.5) is 5.69 Å². The molecular formula is C25H25N3O4. The van der Waals surface area contributed by atoms with Crippen molar-refractivity contribution in [1.29, 1.82) is 0 Å². The fourth-order valence-corrected chi connectivity index (χ4v) is 4.32. The van der Waals surface area contributed by atoms with E-state index in [9.17, 15) is 14.7 Å². The first-order valence-corrected chi connectivity index (χ1v) is 10.9. The molecule has 0 amide bonds. The third-order valence-electron chi connectivity index (χ3n) is 6.27. The minimum absolute atomic E-state index is 0.161. The second kappa shape index (κ2) is 8.15. The number of ether oxygens (including phenoxy) is 1. The summed E-state index contributed by atoms with van der Waals surface area (Å²) in [4.78, 5) is 31.2. The molecule has 2 aliphatic rings. The Bertz CT molecular complexity index is 1260. The zero-order valence-electron chi connectivity index (χ0n) is 17.9. The normalized spacial score (nSPS) is 18.5. The van der Waals surface area contributed by atoms with E-state index in [0.29, 0.717) is 5.39 Å². The Kier molecular flexibility index (Phi) is 5.17. The van der Waals surface area contributed by atoms with Crippen molar-refractivity contribution in [2.24, 2.45) is 4.99 Å². The van der Waals surface area contributed by atoms with Gasteiger partial charge in [-0.1, -0.05) is 0 Å². The van der Waals surface area contributed by atoms with E-state index in [4.69, 9.17) is 9.73 Å². The van der Waals surface area contributed by atoms with Gasteiger partial charge >= 0.3 is 5.97 Å². The number of nitrogens with zero attached hydrogens (tertiary/aromatic N) is 3. The molecule has 1 unspecified atom stereocenters. The summed E-state index contributed by atoms with van der Waals surface area (Å²) in [6.45, 7) is 1.69. The lowest BCUT2D eigenvalue weighted by Crippen LogP contribution is -2.22. The summed E-state index contributed by atoms with van der Waals surface area (Å²) in [5.74, 6) is -0.349. The molecule has 7 nitrogen and oxygen atoms in total. The van der Waals surface area contributed by atoms with Gasteiger partial charge in [0.1, 0.15) is 11.3 Å². The second-order valence-electron chi connectivity index (χ2n) is 8.46. The molecule has 0 radical (unpaired) electrons. The number of hydrogen-bond donors (Lipinski definition) is 1. The van der Waals surface area contributed by atoms with Crippen LogP contribution in [-0.2, 0) is 0 Å². The number of carboxylic acid groups (broad SMARTS) is 1. The first-order chi connectivity index (χ1) is 15.5. The molecule has 1 aromatic heterocycles. The maximum atomic E-state index is 12.7. The predicted octanol–water partition coefficient (Wildman–Crippen LogP) is 3.74. The Morgan fingerprint density at radius 1 is 1.16 bits per heavy atom. The van der Waals surface area contributed by atoms with Gasteiger partial charge in [-0.25, -0.2) is 4.79 Å². The summed E-state index contributed by atoms with van der Waals surface area (Å²) in [6.07, 6.45) is 6.39. The molecule has 1 N–H and O–H groups in total. The standard InChI is InChI=1S/C25H25N3O4/c1-32-20-7-2-16(3-8-20)13-26-17-10-11-27(14-17)19-6-9-21-23(12-19)28(18-4-5-18)15-22(24(21)29)25(30)31/h2-3,6-9,12-13,15,17-18H,4-5,10-11,14H2,1H3,(H,30,31). The first kappa shape index (κ1) is 20.3. The molecule has 2 fully saturated rings. The van der Waals surface area contributed by atoms with E-state index in [1.165, 1.54) is 6.20 Å². The molecular weight excluding hydrogens is 406 g/mol. The van der Waals surface area contributed by atoms with E-state index in [0.717, 1.165) is 54.9 Å². The highest BCUT2D eigenvalue weighted by Crippen LogP contribution is 2.38. The van der Waals surface area contributed by atoms with E-state index in [-0.39, 0.29) is 17.6 Å². The number of carboxylic acids is 1. The van der Waals surface area contributed by atoms with E-state index in [2.05, 4.69) is 4.90 Å². The Hall–Kier alpha value is -3.61. The maximum absolute atomic E-state index is 12.7.